The average Bonchev–Trinajstić information content (AvgIpc) is 3.04. The van der Waals surface area contributed by atoms with Gasteiger partial charge in [0.25, 0.3) is 0 Å². The van der Waals surface area contributed by atoms with Crippen molar-refractivity contribution < 1.29 is 19.1 Å². The predicted molar refractivity (Wildman–Crippen MR) is 125 cm³/mol. The zero-order chi connectivity index (χ0) is 22.3. The number of nitrogens with one attached hydrogen (secondary N) is 2. The molecule has 0 saturated heterocycles. The number of carbonyl (C=O) groups excluding carboxylic acids is 3. The maximum atomic E-state index is 13.1. The Kier molecular flexibility index (Phi) is 5.43. The summed E-state index contributed by atoms with van der Waals surface area (Å²) in [6, 6.07) is 11.8. The van der Waals surface area contributed by atoms with Crippen molar-refractivity contribution in [2.45, 2.75) is 13.8 Å². The van der Waals surface area contributed by atoms with E-state index in [4.69, 9.17) is 17.0 Å². The second kappa shape index (κ2) is 8.05. The van der Waals surface area contributed by atoms with E-state index in [1.54, 1.807) is 42.5 Å². The molecule has 0 amide bonds. The topological polar surface area (TPSA) is 84.5 Å². The summed E-state index contributed by atoms with van der Waals surface area (Å²) < 4.78 is 4.89. The number of hydrogen-bond donors (Lipinski definition) is 2. The third-order valence-corrected chi connectivity index (χ3v) is 6.53. The normalized spacial score (nSPS) is 12.1. The lowest BCUT2D eigenvalue weighted by atomic mass is 9.83. The number of anilines is 2. The Hall–Kier alpha value is -3.36. The SMILES string of the molecule is COC(=O)c1c(NC(=S)Nc2cccc3c2C(=O)c2ccccc2C3=O)sc(C)c1C. The Bertz CT molecular complexity index is 1280. The first kappa shape index (κ1) is 20.9. The molecule has 1 aliphatic rings. The summed E-state index contributed by atoms with van der Waals surface area (Å²) in [6.07, 6.45) is 0. The molecule has 1 aliphatic carbocycles. The molecule has 0 radical (unpaired) electrons. The van der Waals surface area contributed by atoms with E-state index in [1.165, 1.54) is 18.4 Å². The van der Waals surface area contributed by atoms with Gasteiger partial charge in [-0.2, -0.15) is 0 Å². The van der Waals surface area contributed by atoms with Gasteiger partial charge in [0.1, 0.15) is 5.00 Å². The minimum atomic E-state index is -0.457. The third kappa shape index (κ3) is 3.54. The number of aryl methyl sites for hydroxylation is 1. The Morgan fingerprint density at radius 3 is 2.26 bits per heavy atom. The van der Waals surface area contributed by atoms with E-state index in [-0.39, 0.29) is 22.2 Å². The highest BCUT2D eigenvalue weighted by molar-refractivity contribution is 7.80. The molecule has 0 fully saturated rings. The Balaban J connectivity index is 1.66. The molecule has 2 N–H and O–H groups in total. The molecule has 1 aromatic heterocycles. The molecule has 0 bridgehead atoms. The van der Waals surface area contributed by atoms with E-state index < -0.39 is 5.97 Å². The van der Waals surface area contributed by atoms with Crippen LogP contribution in [0.15, 0.2) is 42.5 Å². The Morgan fingerprint density at radius 2 is 1.58 bits per heavy atom. The molecule has 31 heavy (non-hydrogen) atoms. The minimum Gasteiger partial charge on any atom is -0.465 e. The Morgan fingerprint density at radius 1 is 0.935 bits per heavy atom. The molecule has 0 saturated carbocycles. The summed E-state index contributed by atoms with van der Waals surface area (Å²) >= 11 is 6.82. The second-order valence-corrected chi connectivity index (χ2v) is 8.62. The van der Waals surface area contributed by atoms with Crippen LogP contribution in [0, 0.1) is 13.8 Å². The molecule has 0 aliphatic heterocycles. The lowest BCUT2D eigenvalue weighted by Gasteiger charge is -2.21. The van der Waals surface area contributed by atoms with Crippen LogP contribution in [0.2, 0.25) is 0 Å². The third-order valence-electron chi connectivity index (χ3n) is 5.20. The van der Waals surface area contributed by atoms with Gasteiger partial charge in [-0.15, -0.1) is 11.3 Å². The van der Waals surface area contributed by atoms with Gasteiger partial charge in [0, 0.05) is 21.6 Å². The molecule has 0 unspecified atom stereocenters. The number of esters is 1. The number of carbonyl (C=O) groups is 3. The monoisotopic (exact) mass is 450 g/mol. The summed E-state index contributed by atoms with van der Waals surface area (Å²) in [6.45, 7) is 3.75. The number of thiophene rings is 1. The summed E-state index contributed by atoms with van der Waals surface area (Å²) in [5.74, 6) is -0.902. The highest BCUT2D eigenvalue weighted by atomic mass is 32.1. The fraction of sp³-hybridized carbons (Fsp3) is 0.130. The number of methoxy groups -OCH3 is 1. The van der Waals surface area contributed by atoms with Crippen molar-refractivity contribution in [2.75, 3.05) is 17.7 Å². The zero-order valence-electron chi connectivity index (χ0n) is 17.0. The van der Waals surface area contributed by atoms with Gasteiger partial charge >= 0.3 is 5.97 Å². The molecule has 0 atom stereocenters. The van der Waals surface area contributed by atoms with E-state index in [0.29, 0.717) is 32.9 Å². The molecule has 4 rings (SSSR count). The van der Waals surface area contributed by atoms with Crippen molar-refractivity contribution in [1.29, 1.82) is 0 Å². The zero-order valence-corrected chi connectivity index (χ0v) is 18.6. The first-order chi connectivity index (χ1) is 14.8. The van der Waals surface area contributed by atoms with E-state index in [1.807, 2.05) is 13.8 Å². The van der Waals surface area contributed by atoms with Crippen molar-refractivity contribution in [3.05, 3.63) is 80.7 Å². The number of benzene rings is 2. The van der Waals surface area contributed by atoms with Crippen LogP contribution in [0.4, 0.5) is 10.7 Å². The second-order valence-electron chi connectivity index (χ2n) is 6.99. The van der Waals surface area contributed by atoms with Crippen molar-refractivity contribution in [2.24, 2.45) is 0 Å². The average molecular weight is 451 g/mol. The van der Waals surface area contributed by atoms with Gasteiger partial charge in [-0.1, -0.05) is 36.4 Å². The summed E-state index contributed by atoms with van der Waals surface area (Å²) in [4.78, 5) is 39.2. The number of ether oxygens (including phenoxy) is 1. The van der Waals surface area contributed by atoms with Gasteiger partial charge in [0.05, 0.1) is 23.9 Å². The van der Waals surface area contributed by atoms with Crippen LogP contribution < -0.4 is 10.6 Å². The van der Waals surface area contributed by atoms with E-state index in [0.717, 1.165) is 10.4 Å². The van der Waals surface area contributed by atoms with Crippen LogP contribution in [0.25, 0.3) is 0 Å². The van der Waals surface area contributed by atoms with Crippen LogP contribution in [-0.4, -0.2) is 29.8 Å². The van der Waals surface area contributed by atoms with Crippen LogP contribution in [0.5, 0.6) is 0 Å². The molecule has 0 spiro atoms. The molecule has 2 aromatic carbocycles. The maximum absolute atomic E-state index is 13.1. The van der Waals surface area contributed by atoms with Gasteiger partial charge in [-0.05, 0) is 37.7 Å². The molecular formula is C23H18N2O4S2. The van der Waals surface area contributed by atoms with Crippen LogP contribution in [-0.2, 0) is 4.74 Å². The van der Waals surface area contributed by atoms with Gasteiger partial charge in [-0.25, -0.2) is 4.79 Å². The lowest BCUT2D eigenvalue weighted by molar-refractivity contribution is 0.0601. The standard InChI is InChI=1S/C23H18N2O4S2/c1-11-12(2)31-21(17(11)22(28)29-3)25-23(30)24-16-10-6-9-15-18(16)20(27)14-8-5-4-7-13(14)19(15)26/h4-10H,1-3H3,(H2,24,25,30). The highest BCUT2D eigenvalue weighted by Gasteiger charge is 2.31. The van der Waals surface area contributed by atoms with Crippen molar-refractivity contribution in [1.82, 2.24) is 0 Å². The molecule has 156 valence electrons. The minimum absolute atomic E-state index is 0.193. The number of hydrogen-bond acceptors (Lipinski definition) is 6. The highest BCUT2D eigenvalue weighted by Crippen LogP contribution is 2.34. The molecular weight excluding hydrogens is 432 g/mol. The number of ketones is 2. The van der Waals surface area contributed by atoms with Gasteiger partial charge in [-0.3, -0.25) is 9.59 Å². The van der Waals surface area contributed by atoms with Crippen molar-refractivity contribution >= 4 is 56.9 Å². The maximum Gasteiger partial charge on any atom is 0.341 e. The molecule has 8 heteroatoms. The van der Waals surface area contributed by atoms with Crippen LogP contribution >= 0.6 is 23.6 Å². The largest absolute Gasteiger partial charge is 0.465 e. The summed E-state index contributed by atoms with van der Waals surface area (Å²) in [7, 11) is 1.33. The molecule has 3 aromatic rings. The number of fused-ring (bicyclic) bond motifs is 2. The number of rotatable bonds is 3. The first-order valence-corrected chi connectivity index (χ1v) is 10.6. The van der Waals surface area contributed by atoms with Crippen molar-refractivity contribution in [3.63, 3.8) is 0 Å². The fourth-order valence-corrected chi connectivity index (χ4v) is 4.90. The van der Waals surface area contributed by atoms with E-state index >= 15 is 0 Å². The Labute approximate surface area is 188 Å². The van der Waals surface area contributed by atoms with Gasteiger partial charge in [0.2, 0.25) is 0 Å². The van der Waals surface area contributed by atoms with E-state index in [9.17, 15) is 14.4 Å². The molecule has 6 nitrogen and oxygen atoms in total. The summed E-state index contributed by atoms with van der Waals surface area (Å²) in [5.41, 5.74) is 3.03. The smallest absolute Gasteiger partial charge is 0.341 e. The fourth-order valence-electron chi connectivity index (χ4n) is 3.57. The van der Waals surface area contributed by atoms with E-state index in [2.05, 4.69) is 10.6 Å². The van der Waals surface area contributed by atoms with Crippen molar-refractivity contribution in [3.8, 4) is 0 Å². The van der Waals surface area contributed by atoms with Gasteiger partial charge < -0.3 is 15.4 Å². The lowest BCUT2D eigenvalue weighted by Crippen LogP contribution is -2.25. The van der Waals surface area contributed by atoms with Gasteiger partial charge in [0.15, 0.2) is 16.7 Å². The predicted octanol–water partition coefficient (Wildman–Crippen LogP) is 4.74. The number of thiocarbonyl (C=S) groups is 1. The summed E-state index contributed by atoms with van der Waals surface area (Å²) in [5, 5.41) is 6.79. The van der Waals surface area contributed by atoms with Crippen LogP contribution in [0.1, 0.15) is 52.6 Å². The molecule has 1 heterocycles. The van der Waals surface area contributed by atoms with Crippen LogP contribution in [0.3, 0.4) is 0 Å². The quantitative estimate of drug-likeness (QED) is 0.345. The first-order valence-electron chi connectivity index (χ1n) is 9.41.